The lowest BCUT2D eigenvalue weighted by molar-refractivity contribution is -0.384. The highest BCUT2D eigenvalue weighted by molar-refractivity contribution is 7.88. The van der Waals surface area contributed by atoms with Gasteiger partial charge in [-0.2, -0.15) is 0 Å². The van der Waals surface area contributed by atoms with E-state index in [0.29, 0.717) is 17.4 Å². The van der Waals surface area contributed by atoms with E-state index >= 15 is 0 Å². The van der Waals surface area contributed by atoms with Gasteiger partial charge in [0.05, 0.1) is 10.7 Å². The van der Waals surface area contributed by atoms with Gasteiger partial charge in [0.2, 0.25) is 10.0 Å². The fourth-order valence-corrected chi connectivity index (χ4v) is 5.09. The molecule has 0 aliphatic heterocycles. The number of rotatable bonds is 5. The summed E-state index contributed by atoms with van der Waals surface area (Å²) in [6, 6.07) is 5.85. The number of nitrogens with one attached hydrogen (secondary N) is 1. The van der Waals surface area contributed by atoms with Crippen molar-refractivity contribution >= 4 is 15.7 Å². The molecular weight excluding hydrogens is 292 g/mol. The topological polar surface area (TPSA) is 89.3 Å². The maximum absolute atomic E-state index is 12.2. The molecule has 0 radical (unpaired) electrons. The molecule has 0 amide bonds. The lowest BCUT2D eigenvalue weighted by Crippen LogP contribution is -2.39. The Kier molecular flexibility index (Phi) is 3.71. The Labute approximate surface area is 123 Å². The molecule has 0 aromatic heterocycles. The third-order valence-electron chi connectivity index (χ3n) is 4.55. The van der Waals surface area contributed by atoms with Gasteiger partial charge in [0, 0.05) is 18.2 Å². The molecule has 1 N–H and O–H groups in total. The quantitative estimate of drug-likeness (QED) is 0.667. The smallest absolute Gasteiger partial charge is 0.258 e. The Balaban J connectivity index is 1.68. The van der Waals surface area contributed by atoms with Crippen LogP contribution >= 0.6 is 0 Å². The first-order chi connectivity index (χ1) is 9.93. The van der Waals surface area contributed by atoms with Crippen molar-refractivity contribution < 1.29 is 13.3 Å². The Morgan fingerprint density at radius 1 is 1.29 bits per heavy atom. The monoisotopic (exact) mass is 310 g/mol. The predicted molar refractivity (Wildman–Crippen MR) is 78.1 cm³/mol. The van der Waals surface area contributed by atoms with Crippen LogP contribution in [0.2, 0.25) is 0 Å². The second-order valence-corrected chi connectivity index (χ2v) is 7.84. The molecule has 3 atom stereocenters. The SMILES string of the molecule is O=[N+]([O-])c1cccc(CS(=O)(=O)N[C@@H]2C[C@@H]3CC[C@@H]2C3)c1. The van der Waals surface area contributed by atoms with Crippen molar-refractivity contribution in [2.24, 2.45) is 11.8 Å². The molecule has 114 valence electrons. The van der Waals surface area contributed by atoms with Crippen molar-refractivity contribution in [2.75, 3.05) is 0 Å². The zero-order valence-electron chi connectivity index (χ0n) is 11.6. The predicted octanol–water partition coefficient (Wildman–Crippen LogP) is 2.20. The molecule has 7 heteroatoms. The van der Waals surface area contributed by atoms with Crippen molar-refractivity contribution in [1.29, 1.82) is 0 Å². The van der Waals surface area contributed by atoms with E-state index in [1.165, 1.54) is 24.6 Å². The number of nitrogens with zero attached hydrogens (tertiary/aromatic N) is 1. The fourth-order valence-electron chi connectivity index (χ4n) is 3.64. The van der Waals surface area contributed by atoms with Gasteiger partial charge in [0.1, 0.15) is 0 Å². The normalized spacial score (nSPS) is 27.9. The molecule has 3 rings (SSSR count). The summed E-state index contributed by atoms with van der Waals surface area (Å²) in [5.74, 6) is 0.929. The summed E-state index contributed by atoms with van der Waals surface area (Å²) in [7, 11) is -3.46. The summed E-state index contributed by atoms with van der Waals surface area (Å²) in [6.45, 7) is 0. The van der Waals surface area contributed by atoms with Crippen molar-refractivity contribution in [3.8, 4) is 0 Å². The van der Waals surface area contributed by atoms with Crippen molar-refractivity contribution in [1.82, 2.24) is 4.72 Å². The van der Waals surface area contributed by atoms with E-state index in [2.05, 4.69) is 4.72 Å². The molecule has 1 aromatic rings. The van der Waals surface area contributed by atoms with Crippen LogP contribution < -0.4 is 4.72 Å². The van der Waals surface area contributed by atoms with Gasteiger partial charge in [0.25, 0.3) is 5.69 Å². The standard InChI is InChI=1S/C14H18N2O4S/c17-16(18)13-3-1-2-11(7-13)9-21(19,20)15-14-8-10-4-5-12(14)6-10/h1-3,7,10,12,14-15H,4-6,8-9H2/t10-,12-,14-/m1/s1. The molecule has 0 spiro atoms. The average molecular weight is 310 g/mol. The second-order valence-electron chi connectivity index (χ2n) is 6.09. The number of sulfonamides is 1. The van der Waals surface area contributed by atoms with Crippen LogP contribution in [-0.2, 0) is 15.8 Å². The highest BCUT2D eigenvalue weighted by Gasteiger charge is 2.41. The third kappa shape index (κ3) is 3.24. The summed E-state index contributed by atoms with van der Waals surface area (Å²) in [5, 5.41) is 10.7. The first-order valence-electron chi connectivity index (χ1n) is 7.16. The number of fused-ring (bicyclic) bond motifs is 2. The van der Waals surface area contributed by atoms with Gasteiger partial charge in [-0.05, 0) is 36.7 Å². The molecule has 2 aliphatic rings. The van der Waals surface area contributed by atoms with E-state index in [4.69, 9.17) is 0 Å². The van der Waals surface area contributed by atoms with Crippen molar-refractivity contribution in [2.45, 2.75) is 37.5 Å². The van der Waals surface area contributed by atoms with E-state index in [0.717, 1.165) is 19.3 Å². The molecule has 2 bridgehead atoms. The minimum Gasteiger partial charge on any atom is -0.258 e. The first kappa shape index (κ1) is 14.5. The minimum atomic E-state index is -3.46. The van der Waals surface area contributed by atoms with Crippen molar-refractivity contribution in [3.63, 3.8) is 0 Å². The molecule has 2 fully saturated rings. The van der Waals surface area contributed by atoms with Crippen LogP contribution in [0.1, 0.15) is 31.2 Å². The second kappa shape index (κ2) is 5.38. The number of hydrogen-bond donors (Lipinski definition) is 1. The molecule has 0 heterocycles. The number of nitro groups is 1. The van der Waals surface area contributed by atoms with Crippen LogP contribution in [0.15, 0.2) is 24.3 Å². The minimum absolute atomic E-state index is 0.0486. The molecule has 2 aliphatic carbocycles. The summed E-state index contributed by atoms with van der Waals surface area (Å²) in [6.07, 6.45) is 4.38. The van der Waals surface area contributed by atoms with Gasteiger partial charge < -0.3 is 0 Å². The van der Waals surface area contributed by atoms with E-state index in [1.807, 2.05) is 0 Å². The highest BCUT2D eigenvalue weighted by Crippen LogP contribution is 2.44. The Morgan fingerprint density at radius 2 is 2.10 bits per heavy atom. The van der Waals surface area contributed by atoms with E-state index in [-0.39, 0.29) is 17.5 Å². The maximum atomic E-state index is 12.2. The highest BCUT2D eigenvalue weighted by atomic mass is 32.2. The fraction of sp³-hybridized carbons (Fsp3) is 0.571. The molecule has 1 aromatic carbocycles. The zero-order valence-corrected chi connectivity index (χ0v) is 12.4. The first-order valence-corrected chi connectivity index (χ1v) is 8.81. The van der Waals surface area contributed by atoms with Crippen LogP contribution in [0.25, 0.3) is 0 Å². The van der Waals surface area contributed by atoms with Gasteiger partial charge in [-0.1, -0.05) is 18.6 Å². The van der Waals surface area contributed by atoms with Crippen LogP contribution in [0.4, 0.5) is 5.69 Å². The summed E-state index contributed by atoms with van der Waals surface area (Å²) in [5.41, 5.74) is 0.363. The lowest BCUT2D eigenvalue weighted by atomic mass is 9.96. The number of non-ortho nitro benzene ring substituents is 1. The third-order valence-corrected chi connectivity index (χ3v) is 5.92. The Bertz CT molecular complexity index is 659. The van der Waals surface area contributed by atoms with Crippen molar-refractivity contribution in [3.05, 3.63) is 39.9 Å². The van der Waals surface area contributed by atoms with E-state index in [1.54, 1.807) is 6.07 Å². The van der Waals surface area contributed by atoms with Gasteiger partial charge in [-0.15, -0.1) is 0 Å². The van der Waals surface area contributed by atoms with E-state index in [9.17, 15) is 18.5 Å². The maximum Gasteiger partial charge on any atom is 0.269 e. The molecule has 0 saturated heterocycles. The summed E-state index contributed by atoms with van der Waals surface area (Å²) >= 11 is 0. The molecule has 21 heavy (non-hydrogen) atoms. The molecular formula is C14H18N2O4S. The van der Waals surface area contributed by atoms with Gasteiger partial charge in [-0.3, -0.25) is 10.1 Å². The zero-order chi connectivity index (χ0) is 15.0. The van der Waals surface area contributed by atoms with Gasteiger partial charge in [-0.25, -0.2) is 13.1 Å². The largest absolute Gasteiger partial charge is 0.269 e. The molecule has 2 saturated carbocycles. The number of nitro benzene ring substituents is 1. The van der Waals surface area contributed by atoms with Gasteiger partial charge >= 0.3 is 0 Å². The van der Waals surface area contributed by atoms with Crippen LogP contribution in [0.3, 0.4) is 0 Å². The number of benzene rings is 1. The Hall–Kier alpha value is -1.47. The molecule has 6 nitrogen and oxygen atoms in total. The molecule has 0 unspecified atom stereocenters. The van der Waals surface area contributed by atoms with Crippen LogP contribution in [0.5, 0.6) is 0 Å². The lowest BCUT2D eigenvalue weighted by Gasteiger charge is -2.22. The van der Waals surface area contributed by atoms with Gasteiger partial charge in [0.15, 0.2) is 0 Å². The number of hydrogen-bond acceptors (Lipinski definition) is 4. The summed E-state index contributed by atoms with van der Waals surface area (Å²) in [4.78, 5) is 10.2. The van der Waals surface area contributed by atoms with Crippen LogP contribution in [-0.4, -0.2) is 19.4 Å². The van der Waals surface area contributed by atoms with E-state index < -0.39 is 14.9 Å². The summed E-state index contributed by atoms with van der Waals surface area (Å²) < 4.78 is 27.3. The van der Waals surface area contributed by atoms with Crippen LogP contribution in [0, 0.1) is 22.0 Å². The Morgan fingerprint density at radius 3 is 2.71 bits per heavy atom. The average Bonchev–Trinajstić information content (AvgIpc) is 3.00.